The van der Waals surface area contributed by atoms with Crippen molar-refractivity contribution in [1.29, 1.82) is 0 Å². The Balaban J connectivity index is 1.68. The maximum absolute atomic E-state index is 12.4. The van der Waals surface area contributed by atoms with Gasteiger partial charge in [0.2, 0.25) is 0 Å². The van der Waals surface area contributed by atoms with E-state index in [-0.39, 0.29) is 18.9 Å². The molecule has 6 nitrogen and oxygen atoms in total. The van der Waals surface area contributed by atoms with Crippen molar-refractivity contribution in [2.75, 3.05) is 6.54 Å². The molecule has 30 heavy (non-hydrogen) atoms. The summed E-state index contributed by atoms with van der Waals surface area (Å²) < 4.78 is 2.41. The van der Waals surface area contributed by atoms with Crippen LogP contribution in [0.5, 0.6) is 0 Å². The zero-order valence-electron chi connectivity index (χ0n) is 17.1. The fourth-order valence-electron chi connectivity index (χ4n) is 4.42. The minimum atomic E-state index is -0.927. The number of carboxylic acids is 1. The van der Waals surface area contributed by atoms with Gasteiger partial charge in [0.15, 0.2) is 0 Å². The second-order valence-corrected chi connectivity index (χ2v) is 9.12. The average Bonchev–Trinajstić information content (AvgIpc) is 3.35. The van der Waals surface area contributed by atoms with Crippen molar-refractivity contribution < 1.29 is 14.7 Å². The minimum absolute atomic E-state index is 0.0901. The summed E-state index contributed by atoms with van der Waals surface area (Å²) in [5, 5.41) is 13.5. The Labute approximate surface area is 179 Å². The molecule has 1 aliphatic rings. The zero-order chi connectivity index (χ0) is 21.1. The van der Waals surface area contributed by atoms with Gasteiger partial charge in [-0.2, -0.15) is 0 Å². The molecule has 0 spiro atoms. The van der Waals surface area contributed by atoms with Crippen molar-refractivity contribution in [3.8, 4) is 0 Å². The summed E-state index contributed by atoms with van der Waals surface area (Å²) in [5.74, 6) is 0.453. The Morgan fingerprint density at radius 1 is 1.27 bits per heavy atom. The van der Waals surface area contributed by atoms with Crippen LogP contribution in [0.25, 0.3) is 11.0 Å². The third kappa shape index (κ3) is 4.41. The lowest BCUT2D eigenvalue weighted by atomic mass is 9.85. The van der Waals surface area contributed by atoms with Gasteiger partial charge in [0.05, 0.1) is 17.5 Å². The molecule has 2 atom stereocenters. The molecule has 2 N–H and O–H groups in total. The lowest BCUT2D eigenvalue weighted by Crippen LogP contribution is -2.26. The molecule has 1 aromatic carbocycles. The van der Waals surface area contributed by atoms with Crippen molar-refractivity contribution >= 4 is 34.2 Å². The predicted octanol–water partition coefficient (Wildman–Crippen LogP) is 4.64. The van der Waals surface area contributed by atoms with Gasteiger partial charge in [-0.05, 0) is 48.4 Å². The van der Waals surface area contributed by atoms with Crippen LogP contribution >= 0.6 is 11.3 Å². The largest absolute Gasteiger partial charge is 0.481 e. The molecular weight excluding hydrogens is 398 g/mol. The number of nitrogens with one attached hydrogen (secondary N) is 1. The van der Waals surface area contributed by atoms with Gasteiger partial charge in [0.25, 0.3) is 5.91 Å². The van der Waals surface area contributed by atoms with Gasteiger partial charge in [-0.3, -0.25) is 9.59 Å². The topological polar surface area (TPSA) is 84.2 Å². The fourth-order valence-corrected chi connectivity index (χ4v) is 5.12. The van der Waals surface area contributed by atoms with Gasteiger partial charge in [0, 0.05) is 29.4 Å². The molecule has 0 saturated heterocycles. The molecule has 1 amide bonds. The minimum Gasteiger partial charge on any atom is -0.481 e. The van der Waals surface area contributed by atoms with Gasteiger partial charge in [-0.25, -0.2) is 4.98 Å². The summed E-state index contributed by atoms with van der Waals surface area (Å²) >= 11 is 1.74. The van der Waals surface area contributed by atoms with Gasteiger partial charge in [0.1, 0.15) is 5.82 Å². The monoisotopic (exact) mass is 425 g/mol. The van der Waals surface area contributed by atoms with Crippen LogP contribution in [0, 0.1) is 5.92 Å². The molecule has 1 fully saturated rings. The summed E-state index contributed by atoms with van der Waals surface area (Å²) in [6, 6.07) is 10.3. The molecule has 1 aliphatic carbocycles. The Morgan fingerprint density at radius 2 is 2.10 bits per heavy atom. The van der Waals surface area contributed by atoms with E-state index in [4.69, 9.17) is 10.1 Å². The number of nitrogens with zero attached hydrogens (tertiary/aromatic N) is 2. The SMILES string of the molecule is C[C@@H]1CCCC[C@H]1n1c(Cc2cccs2)nc2cc(C(=O)NCCC(=O)O)ccc21. The molecule has 0 aliphatic heterocycles. The molecule has 7 heteroatoms. The van der Waals surface area contributed by atoms with Gasteiger partial charge in [-0.15, -0.1) is 11.3 Å². The van der Waals surface area contributed by atoms with Crippen LogP contribution in [0.1, 0.15) is 66.1 Å². The molecule has 158 valence electrons. The molecule has 0 unspecified atom stereocenters. The first kappa shape index (κ1) is 20.6. The molecular formula is C23H27N3O3S. The molecule has 1 saturated carbocycles. The van der Waals surface area contributed by atoms with Crippen LogP contribution in [0.2, 0.25) is 0 Å². The second kappa shape index (κ2) is 9.00. The molecule has 3 aromatic rings. The van der Waals surface area contributed by atoms with Crippen molar-refractivity contribution in [2.45, 2.75) is 51.5 Å². The van der Waals surface area contributed by atoms with Crippen LogP contribution in [-0.4, -0.2) is 33.1 Å². The predicted molar refractivity (Wildman–Crippen MR) is 118 cm³/mol. The average molecular weight is 426 g/mol. The standard InChI is InChI=1S/C23H27N3O3S/c1-15-5-2-3-7-19(15)26-20-9-8-16(23(29)24-11-10-22(27)28)13-18(20)25-21(26)14-17-6-4-12-30-17/h4,6,8-9,12-13,15,19H,2-3,5,7,10-11,14H2,1H3,(H,24,29)(H,27,28)/t15-,19-/m1/s1. The van der Waals surface area contributed by atoms with E-state index in [1.165, 1.54) is 24.1 Å². The summed E-state index contributed by atoms with van der Waals surface area (Å²) in [6.07, 6.45) is 5.60. The van der Waals surface area contributed by atoms with Crippen LogP contribution in [0.15, 0.2) is 35.7 Å². The first-order chi connectivity index (χ1) is 14.5. The highest BCUT2D eigenvalue weighted by atomic mass is 32.1. The number of thiophene rings is 1. The number of hydrogen-bond donors (Lipinski definition) is 2. The summed E-state index contributed by atoms with van der Waals surface area (Å²) in [7, 11) is 0. The summed E-state index contributed by atoms with van der Waals surface area (Å²) in [6.45, 7) is 2.44. The Hall–Kier alpha value is -2.67. The van der Waals surface area contributed by atoms with E-state index in [9.17, 15) is 9.59 Å². The van der Waals surface area contributed by atoms with Gasteiger partial charge >= 0.3 is 5.97 Å². The van der Waals surface area contributed by atoms with Crippen molar-refractivity contribution in [3.63, 3.8) is 0 Å². The fraction of sp³-hybridized carbons (Fsp3) is 0.435. The normalized spacial score (nSPS) is 19.1. The third-order valence-corrected chi connectivity index (χ3v) is 6.84. The van der Waals surface area contributed by atoms with E-state index in [0.29, 0.717) is 17.5 Å². The first-order valence-corrected chi connectivity index (χ1v) is 11.4. The zero-order valence-corrected chi connectivity index (χ0v) is 18.0. The molecule has 0 bridgehead atoms. The van der Waals surface area contributed by atoms with Gasteiger partial charge < -0.3 is 15.0 Å². The smallest absolute Gasteiger partial charge is 0.305 e. The maximum atomic E-state index is 12.4. The van der Waals surface area contributed by atoms with Crippen LogP contribution < -0.4 is 5.32 Å². The molecule has 0 radical (unpaired) electrons. The number of imidazole rings is 1. The summed E-state index contributed by atoms with van der Waals surface area (Å²) in [5.41, 5.74) is 2.41. The Morgan fingerprint density at radius 3 is 2.83 bits per heavy atom. The number of fused-ring (bicyclic) bond motifs is 1. The number of rotatable bonds is 7. The van der Waals surface area contributed by atoms with E-state index in [0.717, 1.165) is 29.7 Å². The molecule has 2 heterocycles. The Bertz CT molecular complexity index is 1040. The van der Waals surface area contributed by atoms with Crippen molar-refractivity contribution in [1.82, 2.24) is 14.9 Å². The van der Waals surface area contributed by atoms with E-state index in [2.05, 4.69) is 34.3 Å². The highest BCUT2D eigenvalue weighted by Crippen LogP contribution is 2.37. The molecule has 2 aromatic heterocycles. The van der Waals surface area contributed by atoms with E-state index in [1.54, 1.807) is 11.3 Å². The lowest BCUT2D eigenvalue weighted by molar-refractivity contribution is -0.136. The van der Waals surface area contributed by atoms with E-state index in [1.807, 2.05) is 18.2 Å². The Kier molecular flexibility index (Phi) is 6.18. The molecule has 4 rings (SSSR count). The number of aromatic nitrogens is 2. The van der Waals surface area contributed by atoms with Gasteiger partial charge in [-0.1, -0.05) is 25.8 Å². The number of carbonyl (C=O) groups is 2. The van der Waals surface area contributed by atoms with Crippen molar-refractivity contribution in [3.05, 3.63) is 52.0 Å². The number of hydrogen-bond acceptors (Lipinski definition) is 4. The number of aliphatic carboxylic acids is 1. The quantitative estimate of drug-likeness (QED) is 0.577. The number of benzene rings is 1. The number of carboxylic acid groups (broad SMARTS) is 1. The third-order valence-electron chi connectivity index (χ3n) is 5.96. The van der Waals surface area contributed by atoms with E-state index < -0.39 is 5.97 Å². The number of amides is 1. The summed E-state index contributed by atoms with van der Waals surface area (Å²) in [4.78, 5) is 29.3. The van der Waals surface area contributed by atoms with Crippen LogP contribution in [0.4, 0.5) is 0 Å². The van der Waals surface area contributed by atoms with Crippen LogP contribution in [0.3, 0.4) is 0 Å². The van der Waals surface area contributed by atoms with E-state index >= 15 is 0 Å². The first-order valence-electron chi connectivity index (χ1n) is 10.6. The number of carbonyl (C=O) groups excluding carboxylic acids is 1. The highest BCUT2D eigenvalue weighted by Gasteiger charge is 2.27. The second-order valence-electron chi connectivity index (χ2n) is 8.09. The maximum Gasteiger partial charge on any atom is 0.305 e. The highest BCUT2D eigenvalue weighted by molar-refractivity contribution is 7.09. The lowest BCUT2D eigenvalue weighted by Gasteiger charge is -2.31. The van der Waals surface area contributed by atoms with Crippen LogP contribution in [-0.2, 0) is 11.2 Å². The van der Waals surface area contributed by atoms with Crippen molar-refractivity contribution in [2.24, 2.45) is 5.92 Å².